The summed E-state index contributed by atoms with van der Waals surface area (Å²) in [5.41, 5.74) is 3.68. The molecule has 0 saturated heterocycles. The first-order chi connectivity index (χ1) is 9.81. The molecule has 2 atom stereocenters. The van der Waals surface area contributed by atoms with Crippen molar-refractivity contribution in [1.29, 1.82) is 0 Å². The predicted molar refractivity (Wildman–Crippen MR) is 75.3 cm³/mol. The topological polar surface area (TPSA) is 50.7 Å². The molecule has 1 aromatic rings. The molecular weight excluding hydrogens is 252 g/mol. The van der Waals surface area contributed by atoms with E-state index in [0.717, 1.165) is 18.6 Å². The van der Waals surface area contributed by atoms with E-state index in [4.69, 9.17) is 4.84 Å². The minimum atomic E-state index is -0.418. The van der Waals surface area contributed by atoms with Crippen LogP contribution in [0.3, 0.4) is 0 Å². The highest BCUT2D eigenvalue weighted by Crippen LogP contribution is 2.35. The minimum Gasteiger partial charge on any atom is -0.382 e. The van der Waals surface area contributed by atoms with Gasteiger partial charge in [-0.25, -0.2) is 0 Å². The fraction of sp³-hybridized carbons (Fsp3) is 0.500. The summed E-state index contributed by atoms with van der Waals surface area (Å²) in [5, 5.41) is 7.19. The first-order valence-electron chi connectivity index (χ1n) is 7.42. The van der Waals surface area contributed by atoms with Crippen LogP contribution in [0.15, 0.2) is 29.4 Å². The zero-order valence-electron chi connectivity index (χ0n) is 11.3. The number of nitrogens with one attached hydrogen (secondary N) is 1. The molecule has 1 heterocycles. The molecule has 1 amide bonds. The predicted octanol–water partition coefficient (Wildman–Crippen LogP) is 2.35. The lowest BCUT2D eigenvalue weighted by molar-refractivity contribution is -0.131. The van der Waals surface area contributed by atoms with Crippen molar-refractivity contribution in [2.75, 3.05) is 0 Å². The van der Waals surface area contributed by atoms with Crippen LogP contribution >= 0.6 is 0 Å². The zero-order chi connectivity index (χ0) is 13.5. The van der Waals surface area contributed by atoms with Crippen molar-refractivity contribution in [2.45, 2.75) is 44.2 Å². The molecule has 104 valence electrons. The molecule has 2 unspecified atom stereocenters. The van der Waals surface area contributed by atoms with Crippen LogP contribution < -0.4 is 5.32 Å². The second kappa shape index (κ2) is 4.62. The summed E-state index contributed by atoms with van der Waals surface area (Å²) in [6.45, 7) is 0. The number of hydrogen-bond donors (Lipinski definition) is 1. The normalized spacial score (nSPS) is 27.7. The number of hydrogen-bond acceptors (Lipinski definition) is 3. The van der Waals surface area contributed by atoms with E-state index in [9.17, 15) is 4.79 Å². The molecule has 1 aliphatic heterocycles. The number of nitrogens with zero attached hydrogens (tertiary/aromatic N) is 1. The summed E-state index contributed by atoms with van der Waals surface area (Å²) in [6.07, 6.45) is 4.67. The summed E-state index contributed by atoms with van der Waals surface area (Å²) in [6, 6.07) is 8.46. The van der Waals surface area contributed by atoms with Crippen LogP contribution in [-0.4, -0.2) is 17.7 Å². The number of carbonyl (C=O) groups is 1. The SMILES string of the molecule is O=C(NC1CCc2ccccc21)C1CC(C2CC2)=NO1. The van der Waals surface area contributed by atoms with Crippen molar-refractivity contribution < 1.29 is 9.63 Å². The van der Waals surface area contributed by atoms with Gasteiger partial charge in [0.2, 0.25) is 6.10 Å². The third kappa shape index (κ3) is 2.09. The fourth-order valence-corrected chi connectivity index (χ4v) is 3.17. The molecule has 0 aromatic heterocycles. The Kier molecular flexibility index (Phi) is 2.76. The zero-order valence-corrected chi connectivity index (χ0v) is 11.3. The van der Waals surface area contributed by atoms with Crippen molar-refractivity contribution in [3.8, 4) is 0 Å². The van der Waals surface area contributed by atoms with E-state index in [1.807, 2.05) is 6.07 Å². The highest BCUT2D eigenvalue weighted by atomic mass is 16.6. The average Bonchev–Trinajstić information content (AvgIpc) is 3.06. The van der Waals surface area contributed by atoms with E-state index < -0.39 is 6.10 Å². The van der Waals surface area contributed by atoms with Crippen LogP contribution in [0, 0.1) is 5.92 Å². The third-order valence-electron chi connectivity index (χ3n) is 4.48. The standard InChI is InChI=1S/C16H18N2O2/c19-16(15-9-14(18-20-15)11-5-6-11)17-13-8-7-10-3-1-2-4-12(10)13/h1-4,11,13,15H,5-9H2,(H,17,19). The van der Waals surface area contributed by atoms with Crippen molar-refractivity contribution in [2.24, 2.45) is 11.1 Å². The van der Waals surface area contributed by atoms with Gasteiger partial charge in [0.15, 0.2) is 0 Å². The fourth-order valence-electron chi connectivity index (χ4n) is 3.17. The molecule has 3 aliphatic rings. The lowest BCUT2D eigenvalue weighted by atomic mass is 10.1. The average molecular weight is 270 g/mol. The van der Waals surface area contributed by atoms with Crippen LogP contribution in [0.25, 0.3) is 0 Å². The van der Waals surface area contributed by atoms with Crippen LogP contribution in [0.5, 0.6) is 0 Å². The number of amides is 1. The highest BCUT2D eigenvalue weighted by molar-refractivity contribution is 5.95. The molecule has 4 nitrogen and oxygen atoms in total. The van der Waals surface area contributed by atoms with E-state index >= 15 is 0 Å². The van der Waals surface area contributed by atoms with Crippen molar-refractivity contribution in [3.05, 3.63) is 35.4 Å². The molecule has 2 aliphatic carbocycles. The minimum absolute atomic E-state index is 0.0221. The quantitative estimate of drug-likeness (QED) is 0.916. The molecule has 0 spiro atoms. The monoisotopic (exact) mass is 270 g/mol. The molecule has 1 saturated carbocycles. The van der Waals surface area contributed by atoms with Gasteiger partial charge in [-0.15, -0.1) is 0 Å². The van der Waals surface area contributed by atoms with Crippen LogP contribution in [0.4, 0.5) is 0 Å². The Labute approximate surface area is 118 Å². The molecule has 4 rings (SSSR count). The number of rotatable bonds is 3. The summed E-state index contributed by atoms with van der Waals surface area (Å²) in [4.78, 5) is 17.6. The smallest absolute Gasteiger partial charge is 0.264 e. The third-order valence-corrected chi connectivity index (χ3v) is 4.48. The number of benzene rings is 1. The van der Waals surface area contributed by atoms with E-state index in [1.165, 1.54) is 24.0 Å². The largest absolute Gasteiger partial charge is 0.382 e. The second-order valence-electron chi connectivity index (χ2n) is 5.95. The van der Waals surface area contributed by atoms with Crippen LogP contribution in [-0.2, 0) is 16.1 Å². The maximum Gasteiger partial charge on any atom is 0.264 e. The molecule has 1 fully saturated rings. The summed E-state index contributed by atoms with van der Waals surface area (Å²) >= 11 is 0. The number of fused-ring (bicyclic) bond motifs is 1. The van der Waals surface area contributed by atoms with E-state index in [2.05, 4.69) is 28.7 Å². The molecule has 0 radical (unpaired) electrons. The lowest BCUT2D eigenvalue weighted by Crippen LogP contribution is -2.36. The van der Waals surface area contributed by atoms with Gasteiger partial charge >= 0.3 is 0 Å². The number of oxime groups is 1. The van der Waals surface area contributed by atoms with Gasteiger partial charge < -0.3 is 10.2 Å². The molecular formula is C16H18N2O2. The Morgan fingerprint density at radius 1 is 1.25 bits per heavy atom. The molecule has 1 aromatic carbocycles. The molecule has 1 N–H and O–H groups in total. The first-order valence-corrected chi connectivity index (χ1v) is 7.42. The van der Waals surface area contributed by atoms with Gasteiger partial charge in [0.05, 0.1) is 11.8 Å². The van der Waals surface area contributed by atoms with Crippen LogP contribution in [0.2, 0.25) is 0 Å². The molecule has 20 heavy (non-hydrogen) atoms. The maximum atomic E-state index is 12.3. The van der Waals surface area contributed by atoms with Crippen molar-refractivity contribution in [3.63, 3.8) is 0 Å². The number of aryl methyl sites for hydroxylation is 1. The second-order valence-corrected chi connectivity index (χ2v) is 5.95. The van der Waals surface area contributed by atoms with Gasteiger partial charge in [0.25, 0.3) is 5.91 Å². The van der Waals surface area contributed by atoms with Gasteiger partial charge in [0.1, 0.15) is 0 Å². The van der Waals surface area contributed by atoms with Crippen molar-refractivity contribution >= 4 is 11.6 Å². The van der Waals surface area contributed by atoms with E-state index in [0.29, 0.717) is 12.3 Å². The summed E-state index contributed by atoms with van der Waals surface area (Å²) < 4.78 is 0. The lowest BCUT2D eigenvalue weighted by Gasteiger charge is -2.16. The van der Waals surface area contributed by atoms with Gasteiger partial charge in [-0.1, -0.05) is 29.4 Å². The molecule has 0 bridgehead atoms. The van der Waals surface area contributed by atoms with Gasteiger partial charge in [-0.2, -0.15) is 0 Å². The maximum absolute atomic E-state index is 12.3. The van der Waals surface area contributed by atoms with E-state index in [1.54, 1.807) is 0 Å². The molecule has 4 heteroatoms. The number of carbonyl (C=O) groups excluding carboxylic acids is 1. The first kappa shape index (κ1) is 11.9. The van der Waals surface area contributed by atoms with Gasteiger partial charge in [-0.05, 0) is 36.8 Å². The van der Waals surface area contributed by atoms with Gasteiger partial charge in [0, 0.05) is 12.3 Å². The Bertz CT molecular complexity index is 578. The summed E-state index contributed by atoms with van der Waals surface area (Å²) in [7, 11) is 0. The van der Waals surface area contributed by atoms with Gasteiger partial charge in [-0.3, -0.25) is 4.79 Å². The Balaban J connectivity index is 1.39. The highest BCUT2D eigenvalue weighted by Gasteiger charge is 2.37. The Morgan fingerprint density at radius 2 is 2.10 bits per heavy atom. The van der Waals surface area contributed by atoms with E-state index in [-0.39, 0.29) is 11.9 Å². The van der Waals surface area contributed by atoms with Crippen LogP contribution in [0.1, 0.15) is 42.9 Å². The Hall–Kier alpha value is -1.84. The van der Waals surface area contributed by atoms with Crippen molar-refractivity contribution in [1.82, 2.24) is 5.32 Å². The summed E-state index contributed by atoms with van der Waals surface area (Å²) in [5.74, 6) is 0.561. The Morgan fingerprint density at radius 3 is 2.95 bits per heavy atom.